The van der Waals surface area contributed by atoms with Crippen LogP contribution in [0.5, 0.6) is 5.75 Å². The lowest BCUT2D eigenvalue weighted by atomic mass is 9.50. The third-order valence-electron chi connectivity index (χ3n) is 7.38. The van der Waals surface area contributed by atoms with Crippen LogP contribution in [0, 0.1) is 17.8 Å². The molecule has 29 heavy (non-hydrogen) atoms. The molecule has 5 nitrogen and oxygen atoms in total. The Balaban J connectivity index is 1.31. The second-order valence-corrected chi connectivity index (χ2v) is 11.3. The highest BCUT2D eigenvalue weighted by Gasteiger charge is 2.53. The molecule has 5 fully saturated rings. The Hall–Kier alpha value is -1.60. The van der Waals surface area contributed by atoms with E-state index in [1.54, 1.807) is 30.2 Å². The molecule has 1 aromatic carbocycles. The molecule has 7 heteroatoms. The summed E-state index contributed by atoms with van der Waals surface area (Å²) in [6, 6.07) is 8.00. The molecule has 1 atom stereocenters. The van der Waals surface area contributed by atoms with Crippen molar-refractivity contribution in [3.8, 4) is 5.75 Å². The minimum Gasteiger partial charge on any atom is -0.497 e. The second-order valence-electron chi connectivity index (χ2n) is 9.29. The number of anilines is 1. The van der Waals surface area contributed by atoms with E-state index in [2.05, 4.69) is 10.2 Å². The zero-order valence-corrected chi connectivity index (χ0v) is 18.2. The first-order valence-corrected chi connectivity index (χ1v) is 12.4. The number of methoxy groups -OCH3 is 1. The van der Waals surface area contributed by atoms with Crippen molar-refractivity contribution in [2.24, 2.45) is 17.8 Å². The summed E-state index contributed by atoms with van der Waals surface area (Å²) in [6.45, 7) is 0. The Morgan fingerprint density at radius 2 is 1.69 bits per heavy atom. The van der Waals surface area contributed by atoms with E-state index in [1.165, 1.54) is 43.5 Å². The van der Waals surface area contributed by atoms with Gasteiger partial charge in [-0.05, 0) is 74.0 Å². The fourth-order valence-corrected chi connectivity index (χ4v) is 8.88. The first kappa shape index (κ1) is 18.2. The Morgan fingerprint density at radius 3 is 2.31 bits per heavy atom. The van der Waals surface area contributed by atoms with Gasteiger partial charge < -0.3 is 4.74 Å². The highest BCUT2D eigenvalue weighted by molar-refractivity contribution is 8.00. The van der Waals surface area contributed by atoms with Crippen molar-refractivity contribution in [3.63, 3.8) is 0 Å². The lowest BCUT2D eigenvalue weighted by molar-refractivity contribution is -0.115. The molecule has 0 N–H and O–H groups in total. The number of hydrogen-bond donors (Lipinski definition) is 0. The average Bonchev–Trinajstić information content (AvgIpc) is 3.34. The summed E-state index contributed by atoms with van der Waals surface area (Å²) in [6.07, 6.45) is 8.10. The number of aromatic nitrogens is 2. The Labute approximate surface area is 179 Å². The summed E-state index contributed by atoms with van der Waals surface area (Å²) in [5.41, 5.74) is 1.34. The molecule has 4 bridgehead atoms. The van der Waals surface area contributed by atoms with Gasteiger partial charge in [0.2, 0.25) is 11.0 Å². The molecule has 0 radical (unpaired) electrons. The van der Waals surface area contributed by atoms with Crippen molar-refractivity contribution >= 4 is 34.1 Å². The van der Waals surface area contributed by atoms with Crippen LogP contribution in [-0.2, 0) is 10.2 Å². The number of amides is 1. The van der Waals surface area contributed by atoms with Crippen molar-refractivity contribution in [1.29, 1.82) is 0 Å². The van der Waals surface area contributed by atoms with E-state index in [4.69, 9.17) is 4.74 Å². The first-order valence-electron chi connectivity index (χ1n) is 10.6. The molecule has 1 amide bonds. The van der Waals surface area contributed by atoms with E-state index in [-0.39, 0.29) is 16.7 Å². The molecule has 2 heterocycles. The van der Waals surface area contributed by atoms with Gasteiger partial charge in [-0.15, -0.1) is 22.0 Å². The predicted molar refractivity (Wildman–Crippen MR) is 115 cm³/mol. The number of carbonyl (C=O) groups is 1. The van der Waals surface area contributed by atoms with E-state index in [9.17, 15) is 4.79 Å². The zero-order chi connectivity index (χ0) is 19.6. The van der Waals surface area contributed by atoms with Crippen LogP contribution in [0.15, 0.2) is 24.3 Å². The van der Waals surface area contributed by atoms with Crippen LogP contribution in [0.2, 0.25) is 0 Å². The normalized spacial score (nSPS) is 35.5. The third-order valence-corrected chi connectivity index (χ3v) is 9.76. The molecule has 4 aliphatic carbocycles. The van der Waals surface area contributed by atoms with Crippen LogP contribution in [0.3, 0.4) is 0 Å². The largest absolute Gasteiger partial charge is 0.497 e. The molecule has 4 saturated carbocycles. The molecule has 5 aliphatic rings. The highest BCUT2D eigenvalue weighted by atomic mass is 32.2. The lowest BCUT2D eigenvalue weighted by Crippen LogP contribution is -2.48. The Bertz CT molecular complexity index is 907. The number of ether oxygens (including phenoxy) is 1. The van der Waals surface area contributed by atoms with E-state index in [1.807, 2.05) is 29.2 Å². The van der Waals surface area contributed by atoms with Crippen LogP contribution in [0.25, 0.3) is 0 Å². The molecule has 1 saturated heterocycles. The molecule has 1 aromatic heterocycles. The fraction of sp³-hybridized carbons (Fsp3) is 0.591. The number of nitrogens with zero attached hydrogens (tertiary/aromatic N) is 3. The molecular formula is C22H25N3O2S2. The van der Waals surface area contributed by atoms with Crippen molar-refractivity contribution < 1.29 is 9.53 Å². The van der Waals surface area contributed by atoms with Crippen LogP contribution in [-0.4, -0.2) is 29.0 Å². The minimum atomic E-state index is -0.0365. The predicted octanol–water partition coefficient (Wildman–Crippen LogP) is 4.79. The summed E-state index contributed by atoms with van der Waals surface area (Å²) >= 11 is 3.34. The average molecular weight is 428 g/mol. The lowest BCUT2D eigenvalue weighted by Gasteiger charge is -2.55. The molecular weight excluding hydrogens is 402 g/mol. The topological polar surface area (TPSA) is 55.3 Å². The minimum absolute atomic E-state index is 0.0365. The van der Waals surface area contributed by atoms with Gasteiger partial charge in [-0.3, -0.25) is 9.69 Å². The van der Waals surface area contributed by atoms with Gasteiger partial charge in [-0.25, -0.2) is 0 Å². The van der Waals surface area contributed by atoms with Crippen LogP contribution >= 0.6 is 23.1 Å². The maximum absolute atomic E-state index is 12.8. The van der Waals surface area contributed by atoms with Gasteiger partial charge in [-0.2, -0.15) is 0 Å². The van der Waals surface area contributed by atoms with Gasteiger partial charge >= 0.3 is 0 Å². The number of rotatable bonds is 4. The van der Waals surface area contributed by atoms with E-state index < -0.39 is 0 Å². The van der Waals surface area contributed by atoms with Gasteiger partial charge in [-0.1, -0.05) is 23.5 Å². The zero-order valence-electron chi connectivity index (χ0n) is 16.5. The van der Waals surface area contributed by atoms with Gasteiger partial charge in [0.25, 0.3) is 0 Å². The van der Waals surface area contributed by atoms with Crippen molar-refractivity contribution in [3.05, 3.63) is 34.8 Å². The number of hydrogen-bond acceptors (Lipinski definition) is 6. The summed E-state index contributed by atoms with van der Waals surface area (Å²) in [5.74, 6) is 4.08. The summed E-state index contributed by atoms with van der Waals surface area (Å²) in [5, 5.41) is 11.2. The summed E-state index contributed by atoms with van der Waals surface area (Å²) < 4.78 is 5.28. The Morgan fingerprint density at radius 1 is 1.03 bits per heavy atom. The van der Waals surface area contributed by atoms with Gasteiger partial charge in [0.1, 0.15) is 16.1 Å². The highest BCUT2D eigenvalue weighted by Crippen LogP contribution is 2.61. The van der Waals surface area contributed by atoms with Crippen LogP contribution < -0.4 is 9.64 Å². The van der Waals surface area contributed by atoms with Gasteiger partial charge in [0.15, 0.2) is 0 Å². The number of carbonyl (C=O) groups excluding carboxylic acids is 1. The maximum atomic E-state index is 12.8. The molecule has 152 valence electrons. The van der Waals surface area contributed by atoms with Crippen molar-refractivity contribution in [1.82, 2.24) is 10.2 Å². The van der Waals surface area contributed by atoms with Crippen LogP contribution in [0.4, 0.5) is 5.13 Å². The first-order chi connectivity index (χ1) is 14.1. The SMILES string of the molecule is COc1ccc([C@@H]2SCC(=O)N2c2nnc(C34CC5CC(CC(C5)C3)C4)s2)cc1. The van der Waals surface area contributed by atoms with E-state index >= 15 is 0 Å². The quantitative estimate of drug-likeness (QED) is 0.702. The molecule has 0 spiro atoms. The third kappa shape index (κ3) is 2.92. The fourth-order valence-electron chi connectivity index (χ4n) is 6.55. The van der Waals surface area contributed by atoms with Gasteiger partial charge in [0.05, 0.1) is 12.9 Å². The maximum Gasteiger partial charge on any atom is 0.240 e. The summed E-state index contributed by atoms with van der Waals surface area (Å²) in [4.78, 5) is 14.6. The number of thioether (sulfide) groups is 1. The smallest absolute Gasteiger partial charge is 0.240 e. The molecule has 2 aromatic rings. The molecule has 7 rings (SSSR count). The van der Waals surface area contributed by atoms with Crippen LogP contribution in [0.1, 0.15) is 54.5 Å². The van der Waals surface area contributed by atoms with E-state index in [0.717, 1.165) is 34.2 Å². The standard InChI is InChI=1S/C22H25N3O2S2/c1-27-17-4-2-16(3-5-17)19-25(18(26)12-28-19)21-24-23-20(29-21)22-9-13-6-14(10-22)8-15(7-13)11-22/h2-5,13-15,19H,6-12H2,1H3/t13?,14?,15?,19-,22?/m0/s1. The van der Waals surface area contributed by atoms with Gasteiger partial charge in [0, 0.05) is 5.41 Å². The van der Waals surface area contributed by atoms with Crippen molar-refractivity contribution in [2.75, 3.05) is 17.8 Å². The molecule has 0 unspecified atom stereocenters. The number of benzene rings is 1. The Kier molecular flexibility index (Phi) is 4.21. The van der Waals surface area contributed by atoms with E-state index in [0.29, 0.717) is 5.75 Å². The summed E-state index contributed by atoms with van der Waals surface area (Å²) in [7, 11) is 1.67. The monoisotopic (exact) mass is 427 g/mol. The molecule has 1 aliphatic heterocycles. The second kappa shape index (κ2) is 6.71. The van der Waals surface area contributed by atoms with Crippen molar-refractivity contribution in [2.45, 2.75) is 49.3 Å².